The van der Waals surface area contributed by atoms with E-state index >= 15 is 0 Å². The topological polar surface area (TPSA) is 55.7 Å². The normalized spacial score (nSPS) is 16.4. The van der Waals surface area contributed by atoms with E-state index in [9.17, 15) is 9.59 Å². The van der Waals surface area contributed by atoms with Crippen molar-refractivity contribution in [2.45, 2.75) is 6.92 Å². The second kappa shape index (κ2) is 6.76. The molecule has 0 aliphatic carbocycles. The van der Waals surface area contributed by atoms with Crippen molar-refractivity contribution in [2.75, 3.05) is 12.9 Å². The van der Waals surface area contributed by atoms with Crippen molar-refractivity contribution in [1.29, 1.82) is 0 Å². The molecule has 1 heterocycles. The summed E-state index contributed by atoms with van der Waals surface area (Å²) in [5.74, 6) is 0.511. The average molecular weight is 307 g/mol. The molecule has 0 saturated carbocycles. The minimum atomic E-state index is -0.378. The van der Waals surface area contributed by atoms with Crippen LogP contribution in [0, 0.1) is 0 Å². The molecule has 0 amide bonds. The van der Waals surface area contributed by atoms with E-state index in [2.05, 4.69) is 9.73 Å². The summed E-state index contributed by atoms with van der Waals surface area (Å²) in [5, 5.41) is -0.0435. The van der Waals surface area contributed by atoms with Crippen LogP contribution in [0.3, 0.4) is 0 Å². The molecule has 1 aromatic carbocycles. The smallest absolute Gasteiger partial charge is 0.337 e. The van der Waals surface area contributed by atoms with Gasteiger partial charge in [0, 0.05) is 0 Å². The van der Waals surface area contributed by atoms with E-state index in [4.69, 9.17) is 0 Å². The lowest BCUT2D eigenvalue weighted by atomic mass is 10.1. The third kappa shape index (κ3) is 3.52. The molecule has 0 saturated heterocycles. The lowest BCUT2D eigenvalue weighted by Crippen LogP contribution is -2.00. The number of carbonyl (C=O) groups is 2. The van der Waals surface area contributed by atoms with Crippen molar-refractivity contribution < 1.29 is 14.3 Å². The number of methoxy groups -OCH3 is 1. The van der Waals surface area contributed by atoms with Gasteiger partial charge in [-0.15, -0.1) is 0 Å². The Hall–Kier alpha value is -1.53. The Labute approximate surface area is 125 Å². The van der Waals surface area contributed by atoms with Crippen LogP contribution < -0.4 is 0 Å². The summed E-state index contributed by atoms with van der Waals surface area (Å²) in [6.45, 7) is 2.02. The fourth-order valence-electron chi connectivity index (χ4n) is 1.57. The number of hydrogen-bond donors (Lipinski definition) is 0. The molecule has 0 aromatic heterocycles. The van der Waals surface area contributed by atoms with Crippen molar-refractivity contribution in [1.82, 2.24) is 0 Å². The van der Waals surface area contributed by atoms with Gasteiger partial charge in [-0.05, 0) is 41.3 Å². The SMILES string of the molecule is CCSC1=N/C(=C/c2ccc(C(=O)OC)cc2)C(=O)S1. The van der Waals surface area contributed by atoms with E-state index in [1.54, 1.807) is 42.1 Å². The first-order valence-electron chi connectivity index (χ1n) is 5.97. The van der Waals surface area contributed by atoms with Gasteiger partial charge in [0.2, 0.25) is 5.12 Å². The number of ether oxygens (including phenoxy) is 1. The van der Waals surface area contributed by atoms with Crippen LogP contribution >= 0.6 is 23.5 Å². The van der Waals surface area contributed by atoms with Gasteiger partial charge in [0.05, 0.1) is 12.7 Å². The predicted molar refractivity (Wildman–Crippen MR) is 83.9 cm³/mol. The Morgan fingerprint density at radius 1 is 1.40 bits per heavy atom. The molecule has 0 spiro atoms. The molecule has 4 nitrogen and oxygen atoms in total. The Morgan fingerprint density at radius 2 is 2.10 bits per heavy atom. The maximum atomic E-state index is 11.8. The lowest BCUT2D eigenvalue weighted by Gasteiger charge is -1.99. The molecule has 0 atom stereocenters. The summed E-state index contributed by atoms with van der Waals surface area (Å²) >= 11 is 2.72. The zero-order valence-electron chi connectivity index (χ0n) is 11.1. The Morgan fingerprint density at radius 3 is 2.70 bits per heavy atom. The molecule has 0 unspecified atom stereocenters. The van der Waals surface area contributed by atoms with Gasteiger partial charge in [0.15, 0.2) is 0 Å². The van der Waals surface area contributed by atoms with Crippen LogP contribution in [-0.4, -0.2) is 28.3 Å². The van der Waals surface area contributed by atoms with Gasteiger partial charge in [-0.25, -0.2) is 9.79 Å². The van der Waals surface area contributed by atoms with Crippen molar-refractivity contribution in [3.8, 4) is 0 Å². The fourth-order valence-corrected chi connectivity index (χ4v) is 3.30. The molecule has 1 aliphatic rings. The maximum Gasteiger partial charge on any atom is 0.337 e. The van der Waals surface area contributed by atoms with Crippen LogP contribution in [0.2, 0.25) is 0 Å². The largest absolute Gasteiger partial charge is 0.465 e. The molecular formula is C14H13NO3S2. The van der Waals surface area contributed by atoms with E-state index < -0.39 is 0 Å². The zero-order chi connectivity index (χ0) is 14.5. The minimum absolute atomic E-state index is 0.0435. The summed E-state index contributed by atoms with van der Waals surface area (Å²) in [6, 6.07) is 6.85. The van der Waals surface area contributed by atoms with E-state index in [1.165, 1.54) is 7.11 Å². The standard InChI is InChI=1S/C14H13NO3S2/c1-3-19-14-15-11(13(17)20-14)8-9-4-6-10(7-5-9)12(16)18-2/h4-8H,3H2,1-2H3/b11-8+. The highest BCUT2D eigenvalue weighted by Gasteiger charge is 2.21. The summed E-state index contributed by atoms with van der Waals surface area (Å²) < 4.78 is 5.42. The second-order valence-corrected chi connectivity index (χ2v) is 6.32. The monoisotopic (exact) mass is 307 g/mol. The first-order valence-corrected chi connectivity index (χ1v) is 7.78. The van der Waals surface area contributed by atoms with Crippen molar-refractivity contribution in [2.24, 2.45) is 4.99 Å². The molecule has 0 bridgehead atoms. The number of hydrogen-bond acceptors (Lipinski definition) is 6. The number of thioether (sulfide) groups is 2. The van der Waals surface area contributed by atoms with Crippen LogP contribution in [0.25, 0.3) is 6.08 Å². The molecule has 0 N–H and O–H groups in total. The molecule has 6 heteroatoms. The molecule has 2 rings (SSSR count). The molecule has 0 radical (unpaired) electrons. The number of nitrogens with zero attached hydrogens (tertiary/aromatic N) is 1. The van der Waals surface area contributed by atoms with Gasteiger partial charge in [0.25, 0.3) is 0 Å². The maximum absolute atomic E-state index is 11.8. The van der Waals surface area contributed by atoms with Gasteiger partial charge in [-0.2, -0.15) is 0 Å². The van der Waals surface area contributed by atoms with E-state index in [0.29, 0.717) is 11.3 Å². The zero-order valence-corrected chi connectivity index (χ0v) is 12.7. The number of rotatable bonds is 3. The predicted octanol–water partition coefficient (Wildman–Crippen LogP) is 3.20. The lowest BCUT2D eigenvalue weighted by molar-refractivity contribution is -0.107. The van der Waals surface area contributed by atoms with Gasteiger partial charge in [0.1, 0.15) is 10.1 Å². The first kappa shape index (κ1) is 14.9. The van der Waals surface area contributed by atoms with Crippen molar-refractivity contribution in [3.05, 3.63) is 41.1 Å². The molecule has 20 heavy (non-hydrogen) atoms. The number of carbonyl (C=O) groups excluding carboxylic acids is 2. The van der Waals surface area contributed by atoms with Gasteiger partial charge in [-0.1, -0.05) is 30.8 Å². The highest BCUT2D eigenvalue weighted by molar-refractivity contribution is 8.45. The minimum Gasteiger partial charge on any atom is -0.465 e. The van der Waals surface area contributed by atoms with E-state index in [0.717, 1.165) is 27.5 Å². The highest BCUT2D eigenvalue weighted by atomic mass is 32.2. The van der Waals surface area contributed by atoms with Crippen LogP contribution in [0.4, 0.5) is 0 Å². The highest BCUT2D eigenvalue weighted by Crippen LogP contribution is 2.30. The molecule has 1 aliphatic heterocycles. The van der Waals surface area contributed by atoms with Crippen molar-refractivity contribution >= 4 is 45.1 Å². The summed E-state index contributed by atoms with van der Waals surface area (Å²) in [4.78, 5) is 27.4. The van der Waals surface area contributed by atoms with Gasteiger partial charge in [-0.3, -0.25) is 4.79 Å². The van der Waals surface area contributed by atoms with Gasteiger partial charge < -0.3 is 4.74 Å². The third-order valence-corrected chi connectivity index (χ3v) is 4.39. The molecular weight excluding hydrogens is 294 g/mol. The quantitative estimate of drug-likeness (QED) is 0.634. The van der Waals surface area contributed by atoms with Crippen LogP contribution in [0.15, 0.2) is 35.0 Å². The van der Waals surface area contributed by atoms with Crippen molar-refractivity contribution in [3.63, 3.8) is 0 Å². The number of aliphatic imine (C=N–C) groups is 1. The van der Waals surface area contributed by atoms with Gasteiger partial charge >= 0.3 is 5.97 Å². The Balaban J connectivity index is 2.18. The third-order valence-electron chi connectivity index (χ3n) is 2.50. The Kier molecular flexibility index (Phi) is 5.03. The summed E-state index contributed by atoms with van der Waals surface area (Å²) in [6.07, 6.45) is 1.72. The second-order valence-electron chi connectivity index (χ2n) is 3.84. The first-order chi connectivity index (χ1) is 9.63. The molecule has 104 valence electrons. The number of benzene rings is 1. The number of esters is 1. The molecule has 1 aromatic rings. The summed E-state index contributed by atoms with van der Waals surface area (Å²) in [7, 11) is 1.34. The average Bonchev–Trinajstić information content (AvgIpc) is 2.79. The van der Waals surface area contributed by atoms with E-state index in [-0.39, 0.29) is 11.1 Å². The molecule has 0 fully saturated rings. The van der Waals surface area contributed by atoms with Crippen LogP contribution in [-0.2, 0) is 9.53 Å². The van der Waals surface area contributed by atoms with E-state index in [1.807, 2.05) is 6.92 Å². The van der Waals surface area contributed by atoms with Crippen LogP contribution in [0.1, 0.15) is 22.8 Å². The fraction of sp³-hybridized carbons (Fsp3) is 0.214. The van der Waals surface area contributed by atoms with Crippen LogP contribution in [0.5, 0.6) is 0 Å². The Bertz CT molecular complexity index is 591. The summed E-state index contributed by atoms with van der Waals surface area (Å²) in [5.41, 5.74) is 1.75.